The van der Waals surface area contributed by atoms with Crippen molar-refractivity contribution in [3.63, 3.8) is 0 Å². The molecule has 8 heteroatoms. The van der Waals surface area contributed by atoms with Crippen LogP contribution in [-0.2, 0) is 11.3 Å². The van der Waals surface area contributed by atoms with E-state index in [1.807, 2.05) is 47.4 Å². The van der Waals surface area contributed by atoms with Crippen molar-refractivity contribution in [2.75, 3.05) is 51.8 Å². The number of nitrogens with zero attached hydrogens (tertiary/aromatic N) is 4. The molecule has 5 rings (SSSR count). The van der Waals surface area contributed by atoms with E-state index < -0.39 is 0 Å². The van der Waals surface area contributed by atoms with E-state index in [-0.39, 0.29) is 6.03 Å². The molecule has 1 aliphatic heterocycles. The third-order valence-corrected chi connectivity index (χ3v) is 8.12. The summed E-state index contributed by atoms with van der Waals surface area (Å²) in [6.07, 6.45) is 6.63. The molecule has 3 aromatic rings. The number of aromatic nitrogens is 1. The van der Waals surface area contributed by atoms with Crippen LogP contribution in [0.25, 0.3) is 22.2 Å². The molecule has 0 spiro atoms. The molecular formula is C31H39N5O3. The SMILES string of the molecule is CCn1c(-c2ccc(NC(=O)N3CCN(C4CCCCC4)CC3)cc2)c(C#N)c2ccc(OCCOC)cc21. The van der Waals surface area contributed by atoms with Gasteiger partial charge in [0.15, 0.2) is 0 Å². The van der Waals surface area contributed by atoms with E-state index in [0.717, 1.165) is 59.8 Å². The van der Waals surface area contributed by atoms with Crippen molar-refractivity contribution in [2.24, 2.45) is 0 Å². The molecule has 1 saturated heterocycles. The molecule has 39 heavy (non-hydrogen) atoms. The molecule has 2 aromatic carbocycles. The van der Waals surface area contributed by atoms with Gasteiger partial charge in [-0.2, -0.15) is 5.26 Å². The van der Waals surface area contributed by atoms with Crippen LogP contribution in [0, 0.1) is 11.3 Å². The zero-order valence-corrected chi connectivity index (χ0v) is 23.1. The third kappa shape index (κ3) is 5.90. The summed E-state index contributed by atoms with van der Waals surface area (Å²) < 4.78 is 13.0. The lowest BCUT2D eigenvalue weighted by atomic mass is 9.94. The molecule has 0 unspecified atom stereocenters. The standard InChI is InChI=1S/C31H39N5O3/c1-3-36-29-21-26(39-20-19-38-2)13-14-27(29)28(22-32)30(36)23-9-11-24(12-10-23)33-31(37)35-17-15-34(16-18-35)25-7-5-4-6-8-25/h9-14,21,25H,3-8,15-20H2,1-2H3,(H,33,37). The Hall–Kier alpha value is -3.54. The number of methoxy groups -OCH3 is 1. The van der Waals surface area contributed by atoms with Gasteiger partial charge < -0.3 is 24.3 Å². The van der Waals surface area contributed by atoms with Gasteiger partial charge >= 0.3 is 6.03 Å². The number of piperazine rings is 1. The Balaban J connectivity index is 1.28. The van der Waals surface area contributed by atoms with Crippen molar-refractivity contribution < 1.29 is 14.3 Å². The number of rotatable bonds is 8. The van der Waals surface area contributed by atoms with Gasteiger partial charge in [0.2, 0.25) is 0 Å². The second-order valence-corrected chi connectivity index (χ2v) is 10.4. The summed E-state index contributed by atoms with van der Waals surface area (Å²) >= 11 is 0. The molecular weight excluding hydrogens is 490 g/mol. The van der Waals surface area contributed by atoms with Gasteiger partial charge in [-0.05, 0) is 49.6 Å². The summed E-state index contributed by atoms with van der Waals surface area (Å²) in [4.78, 5) is 17.5. The van der Waals surface area contributed by atoms with Crippen molar-refractivity contribution >= 4 is 22.6 Å². The number of hydrogen-bond donors (Lipinski definition) is 1. The molecule has 0 bridgehead atoms. The quantitative estimate of drug-likeness (QED) is 0.378. The number of aryl methyl sites for hydroxylation is 1. The largest absolute Gasteiger partial charge is 0.491 e. The smallest absolute Gasteiger partial charge is 0.321 e. The predicted molar refractivity (Wildman–Crippen MR) is 154 cm³/mol. The summed E-state index contributed by atoms with van der Waals surface area (Å²) in [6.45, 7) is 7.20. The van der Waals surface area contributed by atoms with Gasteiger partial charge in [-0.1, -0.05) is 31.4 Å². The highest BCUT2D eigenvalue weighted by Crippen LogP contribution is 2.36. The van der Waals surface area contributed by atoms with E-state index in [4.69, 9.17) is 9.47 Å². The fraction of sp³-hybridized carbons (Fsp3) is 0.484. The first-order chi connectivity index (χ1) is 19.1. The van der Waals surface area contributed by atoms with E-state index in [9.17, 15) is 10.1 Å². The number of fused-ring (bicyclic) bond motifs is 1. The number of carbonyl (C=O) groups is 1. The molecule has 2 aliphatic rings. The number of amides is 2. The molecule has 206 valence electrons. The minimum atomic E-state index is -0.0487. The van der Waals surface area contributed by atoms with E-state index >= 15 is 0 Å². The van der Waals surface area contributed by atoms with Crippen LogP contribution in [0.15, 0.2) is 42.5 Å². The van der Waals surface area contributed by atoms with Crippen LogP contribution >= 0.6 is 0 Å². The summed E-state index contributed by atoms with van der Waals surface area (Å²) in [6, 6.07) is 16.7. The molecule has 1 aliphatic carbocycles. The number of urea groups is 1. The third-order valence-electron chi connectivity index (χ3n) is 8.12. The average molecular weight is 530 g/mol. The molecule has 1 saturated carbocycles. The van der Waals surface area contributed by atoms with Gasteiger partial charge in [0, 0.05) is 63.0 Å². The van der Waals surface area contributed by atoms with Gasteiger partial charge in [-0.15, -0.1) is 0 Å². The van der Waals surface area contributed by atoms with Crippen molar-refractivity contribution in [2.45, 2.75) is 51.6 Å². The van der Waals surface area contributed by atoms with Gasteiger partial charge in [0.25, 0.3) is 0 Å². The maximum atomic E-state index is 13.0. The highest BCUT2D eigenvalue weighted by molar-refractivity contribution is 5.96. The fourth-order valence-electron chi connectivity index (χ4n) is 6.05. The highest BCUT2D eigenvalue weighted by Gasteiger charge is 2.27. The zero-order chi connectivity index (χ0) is 27.2. The topological polar surface area (TPSA) is 82.8 Å². The molecule has 8 nitrogen and oxygen atoms in total. The van der Waals surface area contributed by atoms with Gasteiger partial charge in [0.1, 0.15) is 18.4 Å². The molecule has 1 N–H and O–H groups in total. The fourth-order valence-corrected chi connectivity index (χ4v) is 6.05. The van der Waals surface area contributed by atoms with Crippen LogP contribution < -0.4 is 10.1 Å². The normalized spacial score (nSPS) is 16.8. The minimum Gasteiger partial charge on any atom is -0.491 e. The number of benzene rings is 2. The van der Waals surface area contributed by atoms with E-state index in [1.54, 1.807) is 7.11 Å². The number of anilines is 1. The first-order valence-corrected chi connectivity index (χ1v) is 14.2. The highest BCUT2D eigenvalue weighted by atomic mass is 16.5. The average Bonchev–Trinajstić information content (AvgIpc) is 3.31. The summed E-state index contributed by atoms with van der Waals surface area (Å²) in [5.41, 5.74) is 4.17. The number of hydrogen-bond acceptors (Lipinski definition) is 5. The number of nitrogens with one attached hydrogen (secondary N) is 1. The predicted octanol–water partition coefficient (Wildman–Crippen LogP) is 5.71. The van der Waals surface area contributed by atoms with Crippen LogP contribution in [0.3, 0.4) is 0 Å². The van der Waals surface area contributed by atoms with Crippen molar-refractivity contribution in [3.05, 3.63) is 48.0 Å². The number of ether oxygens (including phenoxy) is 2. The monoisotopic (exact) mass is 529 g/mol. The number of carbonyl (C=O) groups excluding carboxylic acids is 1. The molecule has 1 aromatic heterocycles. The first-order valence-electron chi connectivity index (χ1n) is 14.2. The Bertz CT molecular complexity index is 1310. The van der Waals surface area contributed by atoms with E-state index in [1.165, 1.54) is 32.1 Å². The summed E-state index contributed by atoms with van der Waals surface area (Å²) in [5.74, 6) is 0.750. The molecule has 0 atom stereocenters. The summed E-state index contributed by atoms with van der Waals surface area (Å²) in [7, 11) is 1.65. The van der Waals surface area contributed by atoms with Gasteiger partial charge in [0.05, 0.1) is 23.4 Å². The zero-order valence-electron chi connectivity index (χ0n) is 23.1. The lowest BCUT2D eigenvalue weighted by molar-refractivity contribution is 0.0943. The van der Waals surface area contributed by atoms with Gasteiger partial charge in [-0.25, -0.2) is 4.79 Å². The summed E-state index contributed by atoms with van der Waals surface area (Å²) in [5, 5.41) is 14.0. The first kappa shape index (κ1) is 27.0. The lowest BCUT2D eigenvalue weighted by Crippen LogP contribution is -2.53. The Labute approximate surface area is 231 Å². The van der Waals surface area contributed by atoms with Crippen LogP contribution in [0.5, 0.6) is 5.75 Å². The molecule has 2 fully saturated rings. The Morgan fingerprint density at radius 3 is 2.44 bits per heavy atom. The molecule has 2 amide bonds. The molecule has 2 heterocycles. The second kappa shape index (κ2) is 12.5. The van der Waals surface area contributed by atoms with Crippen molar-refractivity contribution in [3.8, 4) is 23.1 Å². The maximum absolute atomic E-state index is 13.0. The Morgan fingerprint density at radius 2 is 1.77 bits per heavy atom. The van der Waals surface area contributed by atoms with Crippen LogP contribution in [0.4, 0.5) is 10.5 Å². The minimum absolute atomic E-state index is 0.0487. The Kier molecular flexibility index (Phi) is 8.70. The second-order valence-electron chi connectivity index (χ2n) is 10.4. The number of nitriles is 1. The van der Waals surface area contributed by atoms with Gasteiger partial charge in [-0.3, -0.25) is 4.90 Å². The molecule has 0 radical (unpaired) electrons. The lowest BCUT2D eigenvalue weighted by Gasteiger charge is -2.40. The van der Waals surface area contributed by atoms with Crippen LogP contribution in [0.2, 0.25) is 0 Å². The van der Waals surface area contributed by atoms with Crippen molar-refractivity contribution in [1.82, 2.24) is 14.4 Å². The Morgan fingerprint density at radius 1 is 1.03 bits per heavy atom. The van der Waals surface area contributed by atoms with Crippen LogP contribution in [0.1, 0.15) is 44.6 Å². The maximum Gasteiger partial charge on any atom is 0.321 e. The van der Waals surface area contributed by atoms with E-state index in [0.29, 0.717) is 31.4 Å². The van der Waals surface area contributed by atoms with E-state index in [2.05, 4.69) is 27.8 Å². The van der Waals surface area contributed by atoms with Crippen LogP contribution in [-0.4, -0.2) is 72.9 Å². The van der Waals surface area contributed by atoms with Crippen molar-refractivity contribution in [1.29, 1.82) is 5.26 Å².